The third-order valence-corrected chi connectivity index (χ3v) is 2.48. The summed E-state index contributed by atoms with van der Waals surface area (Å²) in [5.74, 6) is 2.62. The molecule has 0 unspecified atom stereocenters. The number of hydrogen-bond acceptors (Lipinski definition) is 2. The first-order valence-electron chi connectivity index (χ1n) is 6.35. The highest BCUT2D eigenvalue weighted by molar-refractivity contribution is 5.85. The van der Waals surface area contributed by atoms with E-state index in [2.05, 4.69) is 11.2 Å². The average Bonchev–Trinajstić information content (AvgIpc) is 2.27. The minimum absolute atomic E-state index is 0.438. The number of anilines is 1. The Balaban J connectivity index is 2.70. The summed E-state index contributed by atoms with van der Waals surface area (Å²) in [4.78, 5) is 11.7. The highest BCUT2D eigenvalue weighted by Gasteiger charge is 2.16. The van der Waals surface area contributed by atoms with Crippen LogP contribution in [0.5, 0.6) is 0 Å². The first-order chi connectivity index (χ1) is 8.81. The van der Waals surface area contributed by atoms with Gasteiger partial charge in [0.25, 0.3) is 0 Å². The van der Waals surface area contributed by atoms with Gasteiger partial charge < -0.3 is 4.74 Å². The maximum absolute atomic E-state index is 11.7. The fraction of sp³-hybridized carbons (Fsp3) is 0.438. The number of amides is 1. The van der Waals surface area contributed by atoms with Gasteiger partial charge in [0, 0.05) is 12.1 Å². The van der Waals surface area contributed by atoms with Gasteiger partial charge in [0.1, 0.15) is 5.60 Å². The quantitative estimate of drug-likeness (QED) is 0.836. The largest absolute Gasteiger partial charge is 0.444 e. The van der Waals surface area contributed by atoms with Gasteiger partial charge in [-0.2, -0.15) is 0 Å². The van der Waals surface area contributed by atoms with Crippen molar-refractivity contribution < 1.29 is 9.53 Å². The second-order valence-corrected chi connectivity index (χ2v) is 5.48. The lowest BCUT2D eigenvalue weighted by Gasteiger charge is -2.20. The van der Waals surface area contributed by atoms with Gasteiger partial charge in [0.2, 0.25) is 0 Å². The summed E-state index contributed by atoms with van der Waals surface area (Å²) < 4.78 is 5.22. The van der Waals surface area contributed by atoms with Crippen LogP contribution in [0.4, 0.5) is 10.5 Å². The van der Waals surface area contributed by atoms with Crippen molar-refractivity contribution in [3.05, 3.63) is 29.3 Å². The highest BCUT2D eigenvalue weighted by Crippen LogP contribution is 2.18. The molecule has 0 aliphatic carbocycles. The Bertz CT molecular complexity index is 492. The molecule has 0 atom stereocenters. The maximum Gasteiger partial charge on any atom is 0.412 e. The van der Waals surface area contributed by atoms with Gasteiger partial charge in [-0.15, -0.1) is 12.3 Å². The van der Waals surface area contributed by atoms with E-state index in [0.29, 0.717) is 0 Å². The number of benzene rings is 1. The Morgan fingerprint density at radius 2 is 2.11 bits per heavy atom. The number of hydrogen-bond donors (Lipinski definition) is 1. The van der Waals surface area contributed by atoms with E-state index in [0.717, 1.165) is 24.1 Å². The molecule has 3 heteroatoms. The fourth-order valence-electron chi connectivity index (χ4n) is 1.65. The molecule has 0 saturated carbocycles. The summed E-state index contributed by atoms with van der Waals surface area (Å²) in [5, 5.41) is 2.75. The first-order valence-corrected chi connectivity index (χ1v) is 6.35. The van der Waals surface area contributed by atoms with Crippen LogP contribution < -0.4 is 5.32 Å². The van der Waals surface area contributed by atoms with Gasteiger partial charge >= 0.3 is 6.09 Å². The molecular formula is C16H21NO2. The number of terminal acetylenes is 1. The molecule has 0 aliphatic rings. The average molecular weight is 259 g/mol. The third-order valence-electron chi connectivity index (χ3n) is 2.48. The molecule has 1 aromatic rings. The van der Waals surface area contributed by atoms with Crippen LogP contribution in [0.2, 0.25) is 0 Å². The number of ether oxygens (including phenoxy) is 1. The normalized spacial score (nSPS) is 10.7. The van der Waals surface area contributed by atoms with Crippen LogP contribution >= 0.6 is 0 Å². The van der Waals surface area contributed by atoms with E-state index in [-0.39, 0.29) is 0 Å². The van der Waals surface area contributed by atoms with E-state index in [1.54, 1.807) is 0 Å². The molecule has 0 aromatic heterocycles. The fourth-order valence-corrected chi connectivity index (χ4v) is 1.65. The molecule has 19 heavy (non-hydrogen) atoms. The van der Waals surface area contributed by atoms with E-state index < -0.39 is 11.7 Å². The van der Waals surface area contributed by atoms with Crippen LogP contribution in [0.1, 0.15) is 38.3 Å². The highest BCUT2D eigenvalue weighted by atomic mass is 16.6. The third kappa shape index (κ3) is 5.48. The van der Waals surface area contributed by atoms with E-state index in [1.807, 2.05) is 45.9 Å². The molecule has 0 bridgehead atoms. The van der Waals surface area contributed by atoms with Crippen molar-refractivity contribution >= 4 is 11.8 Å². The zero-order valence-electron chi connectivity index (χ0n) is 12.0. The predicted octanol–water partition coefficient (Wildman–Crippen LogP) is 3.91. The van der Waals surface area contributed by atoms with Crippen molar-refractivity contribution in [2.24, 2.45) is 0 Å². The molecule has 1 amide bonds. The van der Waals surface area contributed by atoms with E-state index in [1.165, 1.54) is 5.56 Å². The van der Waals surface area contributed by atoms with Gasteiger partial charge in [-0.05, 0) is 51.3 Å². The second-order valence-electron chi connectivity index (χ2n) is 5.48. The molecule has 1 N–H and O–H groups in total. The molecule has 0 spiro atoms. The molecular weight excluding hydrogens is 238 g/mol. The molecule has 0 fully saturated rings. The molecule has 0 radical (unpaired) electrons. The van der Waals surface area contributed by atoms with Crippen molar-refractivity contribution in [1.29, 1.82) is 0 Å². The van der Waals surface area contributed by atoms with Crippen molar-refractivity contribution in [2.45, 2.75) is 46.1 Å². The van der Waals surface area contributed by atoms with Gasteiger partial charge in [-0.3, -0.25) is 5.32 Å². The summed E-state index contributed by atoms with van der Waals surface area (Å²) in [6, 6.07) is 5.88. The van der Waals surface area contributed by atoms with Crippen molar-refractivity contribution in [3.63, 3.8) is 0 Å². The summed E-state index contributed by atoms with van der Waals surface area (Å²) in [5.41, 5.74) is 2.44. The molecule has 0 heterocycles. The molecule has 102 valence electrons. The van der Waals surface area contributed by atoms with Gasteiger partial charge in [-0.25, -0.2) is 4.79 Å². The minimum Gasteiger partial charge on any atom is -0.444 e. The molecule has 0 saturated heterocycles. The Labute approximate surface area is 115 Å². The molecule has 3 nitrogen and oxygen atoms in total. The van der Waals surface area contributed by atoms with Gasteiger partial charge in [0.15, 0.2) is 0 Å². The minimum atomic E-state index is -0.495. The Hall–Kier alpha value is -1.95. The van der Waals surface area contributed by atoms with E-state index in [4.69, 9.17) is 11.2 Å². The Kier molecular flexibility index (Phi) is 5.00. The summed E-state index contributed by atoms with van der Waals surface area (Å²) in [7, 11) is 0. The number of carbonyl (C=O) groups is 1. The second kappa shape index (κ2) is 6.29. The maximum atomic E-state index is 11.7. The van der Waals surface area contributed by atoms with Crippen LogP contribution in [-0.2, 0) is 11.2 Å². The van der Waals surface area contributed by atoms with E-state index >= 15 is 0 Å². The SMILES string of the molecule is C#CCCc1ccc(NC(=O)OC(C)(C)C)c(C)c1. The lowest BCUT2D eigenvalue weighted by molar-refractivity contribution is 0.0636. The lowest BCUT2D eigenvalue weighted by Crippen LogP contribution is -2.27. The van der Waals surface area contributed by atoms with Crippen LogP contribution in [0, 0.1) is 19.3 Å². The monoisotopic (exact) mass is 259 g/mol. The van der Waals surface area contributed by atoms with Crippen molar-refractivity contribution in [2.75, 3.05) is 5.32 Å². The summed E-state index contributed by atoms with van der Waals surface area (Å²) >= 11 is 0. The van der Waals surface area contributed by atoms with Gasteiger partial charge in [-0.1, -0.05) is 12.1 Å². The smallest absolute Gasteiger partial charge is 0.412 e. The molecule has 1 aromatic carbocycles. The Morgan fingerprint density at radius 1 is 1.42 bits per heavy atom. The number of rotatable bonds is 3. The van der Waals surface area contributed by atoms with Crippen molar-refractivity contribution in [3.8, 4) is 12.3 Å². The van der Waals surface area contributed by atoms with Crippen LogP contribution in [0.3, 0.4) is 0 Å². The zero-order chi connectivity index (χ0) is 14.5. The van der Waals surface area contributed by atoms with Gasteiger partial charge in [0.05, 0.1) is 0 Å². The first kappa shape index (κ1) is 15.1. The summed E-state index contributed by atoms with van der Waals surface area (Å²) in [6.45, 7) is 7.46. The standard InChI is InChI=1S/C16H21NO2/c1-6-7-8-13-9-10-14(12(2)11-13)17-15(18)19-16(3,4)5/h1,9-11H,7-8H2,2-5H3,(H,17,18). The lowest BCUT2D eigenvalue weighted by atomic mass is 10.1. The molecule has 0 aliphatic heterocycles. The molecule has 1 rings (SSSR count). The number of carbonyl (C=O) groups excluding carboxylic acids is 1. The number of nitrogens with one attached hydrogen (secondary N) is 1. The topological polar surface area (TPSA) is 38.3 Å². The number of aryl methyl sites for hydroxylation is 2. The predicted molar refractivity (Wildman–Crippen MR) is 78.2 cm³/mol. The van der Waals surface area contributed by atoms with Crippen LogP contribution in [-0.4, -0.2) is 11.7 Å². The van der Waals surface area contributed by atoms with E-state index in [9.17, 15) is 4.79 Å². The zero-order valence-corrected chi connectivity index (χ0v) is 12.0. The Morgan fingerprint density at radius 3 is 2.63 bits per heavy atom. The van der Waals surface area contributed by atoms with Crippen LogP contribution in [0.25, 0.3) is 0 Å². The van der Waals surface area contributed by atoms with Crippen LogP contribution in [0.15, 0.2) is 18.2 Å². The summed E-state index contributed by atoms with van der Waals surface area (Å²) in [6.07, 6.45) is 6.38. The van der Waals surface area contributed by atoms with Crippen molar-refractivity contribution in [1.82, 2.24) is 0 Å².